The summed E-state index contributed by atoms with van der Waals surface area (Å²) in [6.07, 6.45) is -0.620. The maximum absolute atomic E-state index is 11.4. The normalized spacial score (nSPS) is 12.0. The van der Waals surface area contributed by atoms with Crippen molar-refractivity contribution in [3.05, 3.63) is 23.8 Å². The number of benzene rings is 1. The van der Waals surface area contributed by atoms with Crippen molar-refractivity contribution in [1.82, 2.24) is 0 Å². The molecular weight excluding hydrogens is 208 g/mol. The predicted octanol–water partition coefficient (Wildman–Crippen LogP) is 1.98. The minimum Gasteiger partial charge on any atom is -0.493 e. The van der Waals surface area contributed by atoms with Gasteiger partial charge in [0.1, 0.15) is 6.10 Å². The van der Waals surface area contributed by atoms with Crippen molar-refractivity contribution in [2.45, 2.75) is 13.0 Å². The number of Topliss-reactive ketones (excluding diaryl/α,β-unsaturated/α-hetero) is 1. The molecule has 88 valence electrons. The molecule has 0 bridgehead atoms. The topological polar surface area (TPSA) is 44.8 Å². The average molecular weight is 224 g/mol. The number of hydrogen-bond acceptors (Lipinski definition) is 4. The molecule has 16 heavy (non-hydrogen) atoms. The van der Waals surface area contributed by atoms with Crippen LogP contribution in [0, 0.1) is 0 Å². The van der Waals surface area contributed by atoms with Crippen molar-refractivity contribution in [3.63, 3.8) is 0 Å². The molecule has 0 aromatic heterocycles. The summed E-state index contributed by atoms with van der Waals surface area (Å²) in [5.74, 6) is 1.05. The van der Waals surface area contributed by atoms with Crippen LogP contribution in [0.4, 0.5) is 0 Å². The van der Waals surface area contributed by atoms with Gasteiger partial charge in [-0.3, -0.25) is 4.79 Å². The Labute approximate surface area is 95.1 Å². The van der Waals surface area contributed by atoms with Crippen LogP contribution >= 0.6 is 0 Å². The van der Waals surface area contributed by atoms with Gasteiger partial charge in [-0.15, -0.1) is 0 Å². The van der Waals surface area contributed by atoms with Crippen LogP contribution in [0.15, 0.2) is 18.2 Å². The van der Waals surface area contributed by atoms with Crippen LogP contribution in [0.1, 0.15) is 18.6 Å². The minimum atomic E-state index is -0.620. The second-order valence-electron chi connectivity index (χ2n) is 3.31. The highest BCUT2D eigenvalue weighted by Gasteiger charge is 2.22. The monoisotopic (exact) mass is 224 g/mol. The fourth-order valence-electron chi connectivity index (χ4n) is 1.63. The lowest BCUT2D eigenvalue weighted by Gasteiger charge is -2.17. The lowest BCUT2D eigenvalue weighted by atomic mass is 10.0. The largest absolute Gasteiger partial charge is 0.493 e. The van der Waals surface area contributed by atoms with E-state index >= 15 is 0 Å². The number of carbonyl (C=O) groups is 1. The molecule has 0 heterocycles. The van der Waals surface area contributed by atoms with E-state index < -0.39 is 6.10 Å². The lowest BCUT2D eigenvalue weighted by Crippen LogP contribution is -2.12. The number of hydrogen-bond donors (Lipinski definition) is 0. The van der Waals surface area contributed by atoms with Gasteiger partial charge in [0.25, 0.3) is 0 Å². The summed E-state index contributed by atoms with van der Waals surface area (Å²) in [4.78, 5) is 11.4. The Hall–Kier alpha value is -1.55. The molecule has 0 amide bonds. The van der Waals surface area contributed by atoms with Crippen LogP contribution in [0.3, 0.4) is 0 Å². The van der Waals surface area contributed by atoms with Crippen LogP contribution in [0.5, 0.6) is 11.5 Å². The van der Waals surface area contributed by atoms with Crippen molar-refractivity contribution < 1.29 is 19.0 Å². The van der Waals surface area contributed by atoms with E-state index in [-0.39, 0.29) is 5.78 Å². The highest BCUT2D eigenvalue weighted by Crippen LogP contribution is 2.35. The molecule has 0 aliphatic rings. The Balaban J connectivity index is 3.25. The molecule has 1 atom stereocenters. The first-order chi connectivity index (χ1) is 7.65. The molecule has 0 N–H and O–H groups in total. The predicted molar refractivity (Wildman–Crippen MR) is 60.0 cm³/mol. The van der Waals surface area contributed by atoms with Crippen LogP contribution in [0.2, 0.25) is 0 Å². The number of ether oxygens (including phenoxy) is 3. The van der Waals surface area contributed by atoms with Gasteiger partial charge in [-0.25, -0.2) is 0 Å². The summed E-state index contributed by atoms with van der Waals surface area (Å²) in [6, 6.07) is 5.36. The van der Waals surface area contributed by atoms with Gasteiger partial charge in [-0.05, 0) is 13.0 Å². The van der Waals surface area contributed by atoms with Crippen molar-refractivity contribution in [2.24, 2.45) is 0 Å². The van der Waals surface area contributed by atoms with Crippen LogP contribution < -0.4 is 9.47 Å². The fourth-order valence-corrected chi connectivity index (χ4v) is 1.63. The maximum atomic E-state index is 11.4. The first-order valence-electron chi connectivity index (χ1n) is 4.89. The van der Waals surface area contributed by atoms with Gasteiger partial charge in [0.05, 0.1) is 14.2 Å². The third kappa shape index (κ3) is 2.33. The van der Waals surface area contributed by atoms with Crippen LogP contribution in [-0.4, -0.2) is 27.1 Å². The molecule has 1 rings (SSSR count). The molecule has 0 spiro atoms. The summed E-state index contributed by atoms with van der Waals surface area (Å²) in [6.45, 7) is 1.48. The molecule has 4 nitrogen and oxygen atoms in total. The lowest BCUT2D eigenvalue weighted by molar-refractivity contribution is -0.127. The maximum Gasteiger partial charge on any atom is 0.166 e. The summed E-state index contributed by atoms with van der Waals surface area (Å²) in [5.41, 5.74) is 0.678. The van der Waals surface area contributed by atoms with E-state index in [9.17, 15) is 4.79 Å². The van der Waals surface area contributed by atoms with E-state index in [1.807, 2.05) is 0 Å². The van der Waals surface area contributed by atoms with E-state index in [0.29, 0.717) is 17.1 Å². The average Bonchev–Trinajstić information content (AvgIpc) is 2.29. The van der Waals surface area contributed by atoms with Gasteiger partial charge in [0.15, 0.2) is 17.3 Å². The van der Waals surface area contributed by atoms with Crippen molar-refractivity contribution >= 4 is 5.78 Å². The summed E-state index contributed by atoms with van der Waals surface area (Å²) >= 11 is 0. The van der Waals surface area contributed by atoms with Gasteiger partial charge < -0.3 is 14.2 Å². The number of carbonyl (C=O) groups excluding carboxylic acids is 1. The molecule has 1 aromatic rings. The minimum absolute atomic E-state index is 0.0750. The molecular formula is C12H16O4. The Morgan fingerprint density at radius 1 is 1.19 bits per heavy atom. The van der Waals surface area contributed by atoms with E-state index in [1.54, 1.807) is 25.3 Å². The molecule has 0 aliphatic carbocycles. The molecule has 0 saturated heterocycles. The summed E-state index contributed by atoms with van der Waals surface area (Å²) in [7, 11) is 4.58. The first kappa shape index (κ1) is 12.5. The van der Waals surface area contributed by atoms with Gasteiger partial charge in [0, 0.05) is 12.7 Å². The second kappa shape index (κ2) is 5.51. The second-order valence-corrected chi connectivity index (χ2v) is 3.31. The number of para-hydroxylation sites is 1. The van der Waals surface area contributed by atoms with Gasteiger partial charge in [0.2, 0.25) is 0 Å². The Kier molecular flexibility index (Phi) is 4.31. The molecule has 0 radical (unpaired) electrons. The number of methoxy groups -OCH3 is 3. The van der Waals surface area contributed by atoms with E-state index in [0.717, 1.165) is 0 Å². The van der Waals surface area contributed by atoms with Gasteiger partial charge in [-0.2, -0.15) is 0 Å². The third-order valence-corrected chi connectivity index (χ3v) is 2.32. The molecule has 0 aliphatic heterocycles. The molecule has 0 fully saturated rings. The highest BCUT2D eigenvalue weighted by atomic mass is 16.5. The SMILES string of the molecule is COc1cccc(C(OC)C(C)=O)c1OC. The van der Waals surface area contributed by atoms with Crippen molar-refractivity contribution in [1.29, 1.82) is 0 Å². The zero-order chi connectivity index (χ0) is 12.1. The quantitative estimate of drug-likeness (QED) is 0.767. The number of ketones is 1. The summed E-state index contributed by atoms with van der Waals surface area (Å²) in [5, 5.41) is 0. The van der Waals surface area contributed by atoms with Crippen LogP contribution in [0.25, 0.3) is 0 Å². The summed E-state index contributed by atoms with van der Waals surface area (Å²) < 4.78 is 15.6. The van der Waals surface area contributed by atoms with E-state index in [2.05, 4.69) is 0 Å². The van der Waals surface area contributed by atoms with Crippen LogP contribution in [-0.2, 0) is 9.53 Å². The first-order valence-corrected chi connectivity index (χ1v) is 4.89. The van der Waals surface area contributed by atoms with Gasteiger partial charge in [-0.1, -0.05) is 12.1 Å². The van der Waals surface area contributed by atoms with Gasteiger partial charge >= 0.3 is 0 Å². The zero-order valence-corrected chi connectivity index (χ0v) is 9.94. The third-order valence-electron chi connectivity index (χ3n) is 2.32. The highest BCUT2D eigenvalue weighted by molar-refractivity contribution is 5.83. The number of rotatable bonds is 5. The zero-order valence-electron chi connectivity index (χ0n) is 9.94. The van der Waals surface area contributed by atoms with Crippen molar-refractivity contribution in [2.75, 3.05) is 21.3 Å². The molecule has 0 saturated carbocycles. The Bertz CT molecular complexity index is 373. The van der Waals surface area contributed by atoms with Crippen molar-refractivity contribution in [3.8, 4) is 11.5 Å². The Morgan fingerprint density at radius 3 is 2.31 bits per heavy atom. The fraction of sp³-hybridized carbons (Fsp3) is 0.417. The molecule has 4 heteroatoms. The molecule has 1 aromatic carbocycles. The Morgan fingerprint density at radius 2 is 1.88 bits per heavy atom. The standard InChI is InChI=1S/C12H16O4/c1-8(13)11(15-3)9-6-5-7-10(14-2)12(9)16-4/h5-7,11H,1-4H3. The molecule has 1 unspecified atom stereocenters. The van der Waals surface area contributed by atoms with E-state index in [1.165, 1.54) is 21.1 Å². The van der Waals surface area contributed by atoms with E-state index in [4.69, 9.17) is 14.2 Å². The smallest absolute Gasteiger partial charge is 0.166 e.